The maximum atomic E-state index is 12.9. The fourth-order valence-electron chi connectivity index (χ4n) is 2.76. The molecule has 2 aromatic carbocycles. The van der Waals surface area contributed by atoms with Crippen molar-refractivity contribution in [2.24, 2.45) is 0 Å². The van der Waals surface area contributed by atoms with E-state index in [1.54, 1.807) is 24.3 Å². The first-order valence-corrected chi connectivity index (χ1v) is 9.62. The number of aromatic nitrogens is 2. The van der Waals surface area contributed by atoms with Crippen LogP contribution in [0.1, 0.15) is 15.9 Å². The minimum atomic E-state index is -0.448. The molecular formula is C20H16FN3O3S. The lowest BCUT2D eigenvalue weighted by atomic mass is 10.2. The summed E-state index contributed by atoms with van der Waals surface area (Å²) in [7, 11) is 0. The second-order valence-electron chi connectivity index (χ2n) is 6.14. The van der Waals surface area contributed by atoms with Gasteiger partial charge in [0.25, 0.3) is 11.5 Å². The van der Waals surface area contributed by atoms with Crippen LogP contribution in [0.5, 0.6) is 11.5 Å². The highest BCUT2D eigenvalue weighted by Gasteiger charge is 2.19. The van der Waals surface area contributed by atoms with E-state index < -0.39 is 5.91 Å². The van der Waals surface area contributed by atoms with Crippen LogP contribution in [0.3, 0.4) is 0 Å². The van der Waals surface area contributed by atoms with E-state index in [0.717, 1.165) is 11.3 Å². The normalized spacial score (nSPS) is 12.5. The Morgan fingerprint density at radius 2 is 1.82 bits per heavy atom. The van der Waals surface area contributed by atoms with Crippen molar-refractivity contribution >= 4 is 17.7 Å². The second-order valence-corrected chi connectivity index (χ2v) is 7.20. The second kappa shape index (κ2) is 7.85. The van der Waals surface area contributed by atoms with Gasteiger partial charge in [-0.3, -0.25) is 14.2 Å². The van der Waals surface area contributed by atoms with Gasteiger partial charge in [0.2, 0.25) is 0 Å². The van der Waals surface area contributed by atoms with Gasteiger partial charge in [0.15, 0.2) is 5.16 Å². The van der Waals surface area contributed by atoms with Gasteiger partial charge in [-0.1, -0.05) is 23.9 Å². The monoisotopic (exact) mass is 397 g/mol. The molecule has 0 fully saturated rings. The van der Waals surface area contributed by atoms with Crippen molar-refractivity contribution < 1.29 is 13.9 Å². The number of carbonyl (C=O) groups excluding carboxylic acids is 1. The number of halogens is 1. The molecule has 1 aliphatic heterocycles. The summed E-state index contributed by atoms with van der Waals surface area (Å²) in [4.78, 5) is 28.9. The van der Waals surface area contributed by atoms with E-state index in [9.17, 15) is 14.0 Å². The van der Waals surface area contributed by atoms with Crippen LogP contribution in [0.2, 0.25) is 0 Å². The summed E-state index contributed by atoms with van der Waals surface area (Å²) in [5.74, 6) is 1.15. The van der Waals surface area contributed by atoms with Gasteiger partial charge in [0, 0.05) is 25.0 Å². The van der Waals surface area contributed by atoms with Crippen molar-refractivity contribution in [2.45, 2.75) is 18.2 Å². The van der Waals surface area contributed by atoms with Crippen molar-refractivity contribution in [2.75, 3.05) is 5.75 Å². The van der Waals surface area contributed by atoms with Gasteiger partial charge >= 0.3 is 0 Å². The molecule has 0 saturated carbocycles. The number of fused-ring (bicyclic) bond motifs is 1. The maximum Gasteiger partial charge on any atom is 0.267 e. The molecule has 142 valence electrons. The lowest BCUT2D eigenvalue weighted by Gasteiger charge is -2.09. The predicted octanol–water partition coefficient (Wildman–Crippen LogP) is 3.21. The van der Waals surface area contributed by atoms with Gasteiger partial charge in [0.05, 0.1) is 0 Å². The standard InChI is InChI=1S/C20H16FN3O3S/c21-14-3-7-16(8-4-14)27-15-5-1-13(2-6-15)11-22-18(25)17-12-23-20-24(19(17)26)9-10-28-20/h1-8,12H,9-11H2,(H,22,25). The number of benzene rings is 2. The number of ether oxygens (including phenoxy) is 1. The zero-order valence-corrected chi connectivity index (χ0v) is 15.5. The average Bonchev–Trinajstić information content (AvgIpc) is 3.19. The minimum absolute atomic E-state index is 0.0440. The van der Waals surface area contributed by atoms with Crippen LogP contribution in [0.15, 0.2) is 64.7 Å². The van der Waals surface area contributed by atoms with Crippen molar-refractivity contribution in [3.05, 3.63) is 82.0 Å². The van der Waals surface area contributed by atoms with E-state index in [0.29, 0.717) is 23.2 Å². The number of thioether (sulfide) groups is 1. The topological polar surface area (TPSA) is 73.2 Å². The van der Waals surface area contributed by atoms with Crippen LogP contribution in [0.25, 0.3) is 0 Å². The fraction of sp³-hybridized carbons (Fsp3) is 0.150. The lowest BCUT2D eigenvalue weighted by molar-refractivity contribution is 0.0948. The molecule has 1 N–H and O–H groups in total. The summed E-state index contributed by atoms with van der Waals surface area (Å²) < 4.78 is 20.1. The van der Waals surface area contributed by atoms with Crippen LogP contribution in [0.4, 0.5) is 4.39 Å². The molecule has 0 spiro atoms. The van der Waals surface area contributed by atoms with Crippen molar-refractivity contribution in [3.63, 3.8) is 0 Å². The lowest BCUT2D eigenvalue weighted by Crippen LogP contribution is -2.33. The molecule has 1 aliphatic rings. The van der Waals surface area contributed by atoms with Gasteiger partial charge in [-0.25, -0.2) is 9.37 Å². The molecule has 6 nitrogen and oxygen atoms in total. The predicted molar refractivity (Wildman–Crippen MR) is 103 cm³/mol. The number of amides is 1. The third-order valence-electron chi connectivity index (χ3n) is 4.23. The van der Waals surface area contributed by atoms with Crippen LogP contribution < -0.4 is 15.6 Å². The molecule has 8 heteroatoms. The van der Waals surface area contributed by atoms with E-state index in [1.165, 1.54) is 34.7 Å². The van der Waals surface area contributed by atoms with E-state index in [-0.39, 0.29) is 23.5 Å². The van der Waals surface area contributed by atoms with Gasteiger partial charge in [0.1, 0.15) is 22.9 Å². The Labute approximate surface area is 164 Å². The molecule has 0 bridgehead atoms. The third-order valence-corrected chi connectivity index (χ3v) is 5.20. The number of nitrogens with one attached hydrogen (secondary N) is 1. The maximum absolute atomic E-state index is 12.9. The smallest absolute Gasteiger partial charge is 0.267 e. The molecule has 1 amide bonds. The van der Waals surface area contributed by atoms with E-state index in [2.05, 4.69) is 10.3 Å². The summed E-state index contributed by atoms with van der Waals surface area (Å²) in [6.07, 6.45) is 1.33. The third kappa shape index (κ3) is 3.91. The highest BCUT2D eigenvalue weighted by molar-refractivity contribution is 7.99. The first-order valence-electron chi connectivity index (χ1n) is 8.63. The molecule has 3 aromatic rings. The Morgan fingerprint density at radius 3 is 2.54 bits per heavy atom. The van der Waals surface area contributed by atoms with Gasteiger partial charge in [-0.05, 0) is 42.0 Å². The minimum Gasteiger partial charge on any atom is -0.457 e. The summed E-state index contributed by atoms with van der Waals surface area (Å²) in [5, 5.41) is 3.39. The first-order chi connectivity index (χ1) is 13.6. The number of hydrogen-bond acceptors (Lipinski definition) is 5. The zero-order chi connectivity index (χ0) is 19.5. The van der Waals surface area contributed by atoms with E-state index >= 15 is 0 Å². The summed E-state index contributed by atoms with van der Waals surface area (Å²) in [6, 6.07) is 12.9. The van der Waals surface area contributed by atoms with Crippen molar-refractivity contribution in [3.8, 4) is 11.5 Å². The van der Waals surface area contributed by atoms with Crippen LogP contribution in [0, 0.1) is 5.82 Å². The molecule has 0 aliphatic carbocycles. The molecule has 28 heavy (non-hydrogen) atoms. The number of hydrogen-bond donors (Lipinski definition) is 1. The van der Waals surface area contributed by atoms with Gasteiger partial charge < -0.3 is 10.1 Å². The molecule has 1 aromatic heterocycles. The number of carbonyl (C=O) groups is 1. The Bertz CT molecular complexity index is 1070. The number of nitrogens with zero attached hydrogens (tertiary/aromatic N) is 2. The first kappa shape index (κ1) is 18.2. The van der Waals surface area contributed by atoms with Crippen molar-refractivity contribution in [1.82, 2.24) is 14.9 Å². The van der Waals surface area contributed by atoms with E-state index in [1.807, 2.05) is 12.1 Å². The summed E-state index contributed by atoms with van der Waals surface area (Å²) in [5.41, 5.74) is 0.586. The molecule has 0 unspecified atom stereocenters. The van der Waals surface area contributed by atoms with Crippen LogP contribution in [-0.2, 0) is 13.1 Å². The Kier molecular flexibility index (Phi) is 5.12. The quantitative estimate of drug-likeness (QED) is 0.670. The zero-order valence-electron chi connectivity index (χ0n) is 14.7. The molecule has 2 heterocycles. The fourth-order valence-corrected chi connectivity index (χ4v) is 3.68. The summed E-state index contributed by atoms with van der Waals surface area (Å²) >= 11 is 1.50. The summed E-state index contributed by atoms with van der Waals surface area (Å²) in [6.45, 7) is 0.841. The number of rotatable bonds is 5. The van der Waals surface area contributed by atoms with Crippen molar-refractivity contribution in [1.29, 1.82) is 0 Å². The molecule has 0 radical (unpaired) electrons. The SMILES string of the molecule is O=C(NCc1ccc(Oc2ccc(F)cc2)cc1)c1cnc2n(c1=O)CCS2. The van der Waals surface area contributed by atoms with Gasteiger partial charge in [-0.15, -0.1) is 0 Å². The molecule has 4 rings (SSSR count). The Balaban J connectivity index is 1.38. The van der Waals surface area contributed by atoms with E-state index in [4.69, 9.17) is 4.74 Å². The van der Waals surface area contributed by atoms with Crippen LogP contribution >= 0.6 is 11.8 Å². The molecular weight excluding hydrogens is 381 g/mol. The largest absolute Gasteiger partial charge is 0.457 e. The highest BCUT2D eigenvalue weighted by atomic mass is 32.2. The highest BCUT2D eigenvalue weighted by Crippen LogP contribution is 2.22. The molecule has 0 atom stereocenters. The Morgan fingerprint density at radius 1 is 1.14 bits per heavy atom. The van der Waals surface area contributed by atoms with Gasteiger partial charge in [-0.2, -0.15) is 0 Å². The average molecular weight is 397 g/mol. The Hall–Kier alpha value is -3.13. The molecule has 0 saturated heterocycles. The van der Waals surface area contributed by atoms with Crippen LogP contribution in [-0.4, -0.2) is 21.2 Å².